The topological polar surface area (TPSA) is 86.7 Å². The Balaban J connectivity index is 1.72. The molecule has 1 aliphatic heterocycles. The number of aliphatic carboxylic acids is 1. The van der Waals surface area contributed by atoms with E-state index in [0.717, 1.165) is 0 Å². The summed E-state index contributed by atoms with van der Waals surface area (Å²) in [5, 5.41) is 11.9. The number of benzene rings is 2. The van der Waals surface area contributed by atoms with Crippen LogP contribution in [0.2, 0.25) is 0 Å². The third-order valence-electron chi connectivity index (χ3n) is 4.69. The molecule has 0 aliphatic carbocycles. The monoisotopic (exact) mass is 370 g/mol. The third kappa shape index (κ3) is 4.13. The van der Waals surface area contributed by atoms with Gasteiger partial charge in [-0.3, -0.25) is 14.4 Å². The maximum atomic E-state index is 13.0. The molecule has 1 aliphatic rings. The number of carbonyl (C=O) groups excluding carboxylic acids is 2. The van der Waals surface area contributed by atoms with E-state index < -0.39 is 23.6 Å². The quantitative estimate of drug-likeness (QED) is 0.866. The molecule has 2 amide bonds. The first kappa shape index (κ1) is 18.6. The van der Waals surface area contributed by atoms with E-state index in [1.807, 2.05) is 6.92 Å². The summed E-state index contributed by atoms with van der Waals surface area (Å²) in [5.41, 5.74) is 1.09. The molecule has 0 unspecified atom stereocenters. The number of anilines is 1. The number of nitrogens with one attached hydrogen (secondary N) is 1. The van der Waals surface area contributed by atoms with Crippen LogP contribution in [0.4, 0.5) is 10.1 Å². The van der Waals surface area contributed by atoms with Gasteiger partial charge in [0.1, 0.15) is 5.82 Å². The summed E-state index contributed by atoms with van der Waals surface area (Å²) in [6.45, 7) is 2.36. The van der Waals surface area contributed by atoms with Gasteiger partial charge < -0.3 is 15.3 Å². The predicted molar refractivity (Wildman–Crippen MR) is 97.0 cm³/mol. The second kappa shape index (κ2) is 7.57. The second-order valence-corrected chi connectivity index (χ2v) is 6.67. The Morgan fingerprint density at radius 3 is 2.41 bits per heavy atom. The lowest BCUT2D eigenvalue weighted by Crippen LogP contribution is -2.30. The average molecular weight is 370 g/mol. The maximum absolute atomic E-state index is 13.0. The Bertz CT molecular complexity index is 882. The second-order valence-electron chi connectivity index (χ2n) is 6.67. The lowest BCUT2D eigenvalue weighted by molar-refractivity contribution is -0.142. The standard InChI is InChI=1S/C20H19FN2O4/c1-12-10-23(11-17(12)20(26)27)19(25)14-3-2-4-16(9-14)22-18(24)13-5-7-15(21)8-6-13/h2-9,12,17H,10-11H2,1H3,(H,22,24)(H,26,27)/t12-,17-/m1/s1. The van der Waals surface area contributed by atoms with Crippen molar-refractivity contribution in [2.24, 2.45) is 11.8 Å². The Kier molecular flexibility index (Phi) is 5.21. The third-order valence-corrected chi connectivity index (χ3v) is 4.69. The van der Waals surface area contributed by atoms with E-state index in [1.165, 1.54) is 29.2 Å². The highest BCUT2D eigenvalue weighted by Crippen LogP contribution is 2.25. The Morgan fingerprint density at radius 1 is 1.07 bits per heavy atom. The van der Waals surface area contributed by atoms with E-state index in [1.54, 1.807) is 24.3 Å². The number of amides is 2. The molecule has 1 saturated heterocycles. The molecule has 2 atom stereocenters. The van der Waals surface area contributed by atoms with Crippen molar-refractivity contribution >= 4 is 23.5 Å². The van der Waals surface area contributed by atoms with Gasteiger partial charge in [0.2, 0.25) is 0 Å². The van der Waals surface area contributed by atoms with Gasteiger partial charge in [-0.15, -0.1) is 0 Å². The van der Waals surface area contributed by atoms with Gasteiger partial charge in [-0.1, -0.05) is 13.0 Å². The molecule has 0 radical (unpaired) electrons. The maximum Gasteiger partial charge on any atom is 0.308 e. The summed E-state index contributed by atoms with van der Waals surface area (Å²) in [5.74, 6) is -2.72. The number of hydrogen-bond donors (Lipinski definition) is 2. The highest BCUT2D eigenvalue weighted by atomic mass is 19.1. The fourth-order valence-electron chi connectivity index (χ4n) is 3.17. The van der Waals surface area contributed by atoms with Crippen LogP contribution >= 0.6 is 0 Å². The largest absolute Gasteiger partial charge is 0.481 e. The van der Waals surface area contributed by atoms with Gasteiger partial charge in [0, 0.05) is 29.9 Å². The van der Waals surface area contributed by atoms with Crippen molar-refractivity contribution in [1.82, 2.24) is 4.90 Å². The van der Waals surface area contributed by atoms with E-state index in [4.69, 9.17) is 0 Å². The van der Waals surface area contributed by atoms with Gasteiger partial charge in [-0.25, -0.2) is 4.39 Å². The highest BCUT2D eigenvalue weighted by Gasteiger charge is 2.37. The zero-order valence-corrected chi connectivity index (χ0v) is 14.7. The molecule has 1 heterocycles. The van der Waals surface area contributed by atoms with E-state index in [-0.39, 0.29) is 18.4 Å². The van der Waals surface area contributed by atoms with Crippen LogP contribution in [0.15, 0.2) is 48.5 Å². The normalized spacial score (nSPS) is 19.0. The predicted octanol–water partition coefficient (Wildman–Crippen LogP) is 2.87. The van der Waals surface area contributed by atoms with Crippen molar-refractivity contribution in [3.8, 4) is 0 Å². The number of carbonyl (C=O) groups is 3. The minimum Gasteiger partial charge on any atom is -0.481 e. The average Bonchev–Trinajstić information content (AvgIpc) is 3.04. The molecule has 3 rings (SSSR count). The number of nitrogens with zero attached hydrogens (tertiary/aromatic N) is 1. The summed E-state index contributed by atoms with van der Waals surface area (Å²) in [7, 11) is 0. The van der Waals surface area contributed by atoms with Gasteiger partial charge >= 0.3 is 5.97 Å². The van der Waals surface area contributed by atoms with Crippen molar-refractivity contribution in [3.05, 3.63) is 65.5 Å². The number of likely N-dealkylation sites (tertiary alicyclic amines) is 1. The number of halogens is 1. The zero-order chi connectivity index (χ0) is 19.6. The summed E-state index contributed by atoms with van der Waals surface area (Å²) in [6, 6.07) is 11.6. The molecule has 0 spiro atoms. The minimum atomic E-state index is -0.905. The van der Waals surface area contributed by atoms with E-state index in [2.05, 4.69) is 5.32 Å². The van der Waals surface area contributed by atoms with Crippen LogP contribution in [0.5, 0.6) is 0 Å². The Labute approximate surface area is 155 Å². The van der Waals surface area contributed by atoms with Crippen LogP contribution in [0.25, 0.3) is 0 Å². The highest BCUT2D eigenvalue weighted by molar-refractivity contribution is 6.05. The van der Waals surface area contributed by atoms with Crippen molar-refractivity contribution < 1.29 is 23.9 Å². The van der Waals surface area contributed by atoms with Crippen LogP contribution in [-0.4, -0.2) is 40.9 Å². The SMILES string of the molecule is C[C@@H]1CN(C(=O)c2cccc(NC(=O)c3ccc(F)cc3)c2)C[C@H]1C(=O)O. The Hall–Kier alpha value is -3.22. The van der Waals surface area contributed by atoms with Crippen molar-refractivity contribution in [2.75, 3.05) is 18.4 Å². The number of rotatable bonds is 4. The Morgan fingerprint density at radius 2 is 1.78 bits per heavy atom. The molecule has 140 valence electrons. The number of carboxylic acid groups (broad SMARTS) is 1. The molecule has 2 aromatic rings. The first-order chi connectivity index (χ1) is 12.8. The molecule has 0 bridgehead atoms. The number of hydrogen-bond acceptors (Lipinski definition) is 3. The molecule has 2 aromatic carbocycles. The lowest BCUT2D eigenvalue weighted by Gasteiger charge is -2.16. The van der Waals surface area contributed by atoms with E-state index in [0.29, 0.717) is 23.4 Å². The van der Waals surface area contributed by atoms with Crippen molar-refractivity contribution in [2.45, 2.75) is 6.92 Å². The van der Waals surface area contributed by atoms with Crippen LogP contribution < -0.4 is 5.32 Å². The molecule has 2 N–H and O–H groups in total. The molecular weight excluding hydrogens is 351 g/mol. The first-order valence-electron chi connectivity index (χ1n) is 8.54. The van der Waals surface area contributed by atoms with E-state index >= 15 is 0 Å². The molecule has 7 heteroatoms. The minimum absolute atomic E-state index is 0.118. The van der Waals surface area contributed by atoms with Gasteiger partial charge in [0.25, 0.3) is 11.8 Å². The van der Waals surface area contributed by atoms with Crippen LogP contribution in [0, 0.1) is 17.7 Å². The molecule has 0 aromatic heterocycles. The molecule has 1 fully saturated rings. The molecule has 6 nitrogen and oxygen atoms in total. The van der Waals surface area contributed by atoms with Crippen molar-refractivity contribution in [3.63, 3.8) is 0 Å². The van der Waals surface area contributed by atoms with E-state index in [9.17, 15) is 23.9 Å². The van der Waals surface area contributed by atoms with Crippen molar-refractivity contribution in [1.29, 1.82) is 0 Å². The summed E-state index contributed by atoms with van der Waals surface area (Å²) in [4.78, 5) is 37.7. The lowest BCUT2D eigenvalue weighted by atomic mass is 9.99. The van der Waals surface area contributed by atoms with Gasteiger partial charge in [0.05, 0.1) is 5.92 Å². The fourth-order valence-corrected chi connectivity index (χ4v) is 3.17. The zero-order valence-electron chi connectivity index (χ0n) is 14.7. The first-order valence-corrected chi connectivity index (χ1v) is 8.54. The summed E-state index contributed by atoms with van der Waals surface area (Å²) in [6.07, 6.45) is 0. The van der Waals surface area contributed by atoms with Crippen LogP contribution in [0.1, 0.15) is 27.6 Å². The summed E-state index contributed by atoms with van der Waals surface area (Å²) < 4.78 is 13.0. The van der Waals surface area contributed by atoms with Crippen LogP contribution in [0.3, 0.4) is 0 Å². The molecule has 27 heavy (non-hydrogen) atoms. The smallest absolute Gasteiger partial charge is 0.308 e. The fraction of sp³-hybridized carbons (Fsp3) is 0.250. The summed E-state index contributed by atoms with van der Waals surface area (Å²) >= 11 is 0. The van der Waals surface area contributed by atoms with Gasteiger partial charge in [-0.2, -0.15) is 0 Å². The van der Waals surface area contributed by atoms with Gasteiger partial charge in [0.15, 0.2) is 0 Å². The number of carboxylic acids is 1. The van der Waals surface area contributed by atoms with Gasteiger partial charge in [-0.05, 0) is 48.4 Å². The molecule has 0 saturated carbocycles. The molecular formula is C20H19FN2O4. The van der Waals surface area contributed by atoms with Crippen LogP contribution in [-0.2, 0) is 4.79 Å².